The first-order valence-electron chi connectivity index (χ1n) is 48.6. The first-order chi connectivity index (χ1) is 66.8. The van der Waals surface area contributed by atoms with Crippen LogP contribution >= 0.6 is 0 Å². The van der Waals surface area contributed by atoms with Crippen LogP contribution in [-0.2, 0) is 74.0 Å². The highest BCUT2D eigenvalue weighted by Crippen LogP contribution is 2.47. The number of unbranched alkanes of at least 4 members (excludes halogenated alkanes) is 12. The van der Waals surface area contributed by atoms with E-state index in [9.17, 15) is 42.1 Å². The van der Waals surface area contributed by atoms with Crippen molar-refractivity contribution < 1.29 is 66.0 Å². The van der Waals surface area contributed by atoms with Crippen molar-refractivity contribution in [3.63, 3.8) is 0 Å². The quantitative estimate of drug-likeness (QED) is 0.0284. The van der Waals surface area contributed by atoms with Crippen molar-refractivity contribution in [1.29, 1.82) is 0 Å². The Morgan fingerprint density at radius 3 is 0.871 bits per heavy atom. The van der Waals surface area contributed by atoms with Crippen molar-refractivity contribution in [3.8, 4) is 0 Å². The van der Waals surface area contributed by atoms with E-state index in [1.165, 1.54) is 112 Å². The van der Waals surface area contributed by atoms with Gasteiger partial charge in [0.25, 0.3) is 50.1 Å². The molecule has 0 bridgehead atoms. The zero-order chi connectivity index (χ0) is 100. The summed E-state index contributed by atoms with van der Waals surface area (Å²) < 4.78 is 144. The summed E-state index contributed by atoms with van der Waals surface area (Å²) in [6, 6.07) is 70.8. The van der Waals surface area contributed by atoms with Gasteiger partial charge in [0.1, 0.15) is 0 Å². The molecule has 0 saturated carbocycles. The molecule has 0 radical (unpaired) electrons. The summed E-state index contributed by atoms with van der Waals surface area (Å²) in [6.07, 6.45) is 23.4. The van der Waals surface area contributed by atoms with Gasteiger partial charge in [-0.15, -0.1) is 0 Å². The molecule has 0 aliphatic carbocycles. The standard InChI is InChI=1S/C23H32N2O2S.C22H29N3O2S.C22H30N2O2S.C20H24N2O3S.C19H24N2O2S.2CO2/c1-4-5-6-7-8-11-16-24-23-19-12-9-10-13-21(19)25(3)28(26,27)22-17-18(2)14-15-20(22)23;1-16-10-11-19-21(15-16)28(26,27)25(3)20-9-5-4-8-18(20)22(19)23-13-12-17-7-6-14-24(17)2;1-3-4-5-6-7-12-17-23-22-18-13-8-10-15-20(18)24(2)27(25,26)21-16-11-9-14-19(21)22;1-14-7-8-17-19(11-14)26(23,24)22(2)18-6-4-3-5-16(18)20(17)21-12-15-9-10-25-13-15;1-3-4-9-14-20-19-15-10-5-7-12-17(15)21(2)24(22,23)18-13-8-6-11-16(18)19;2*2-1-3/h9-10,12-15,17,23-24H,4-8,11,16H2,1-3H3;4-5,8-11,15,17,22-23H,6-7,12-14H2,1-3H3;8-11,13-16,22-23H,3-7,12,17H2,1-2H3;3-8,11,15,20-21H,9-10,12-13H2,1-2H3;5-8,10-13,19-20H,3-4,9,14H2,1-2H3;;. The fourth-order valence-electron chi connectivity index (χ4n) is 19.3. The number of aryl methyl sites for hydroxylation is 3. The summed E-state index contributed by atoms with van der Waals surface area (Å²) >= 11 is 0. The molecule has 17 rings (SSSR count). The van der Waals surface area contributed by atoms with Gasteiger partial charge >= 0.3 is 12.3 Å². The number of likely N-dealkylation sites (tertiary alicyclic amines) is 1. The Labute approximate surface area is 825 Å². The molecule has 0 amide bonds. The van der Waals surface area contributed by atoms with Crippen LogP contribution < -0.4 is 48.1 Å². The van der Waals surface area contributed by atoms with Gasteiger partial charge < -0.3 is 36.2 Å². The lowest BCUT2D eigenvalue weighted by molar-refractivity contribution is -0.193. The molecule has 0 spiro atoms. The number of fused-ring (bicyclic) bond motifs is 10. The molecule has 26 nitrogen and oxygen atoms in total. The zero-order valence-electron chi connectivity index (χ0n) is 82.3. The van der Waals surface area contributed by atoms with E-state index in [0.717, 1.165) is 185 Å². The van der Waals surface area contributed by atoms with E-state index in [4.69, 9.17) is 23.9 Å². The highest BCUT2D eigenvalue weighted by Gasteiger charge is 2.41. The largest absolute Gasteiger partial charge is 0.381 e. The van der Waals surface area contributed by atoms with E-state index >= 15 is 0 Å². The van der Waals surface area contributed by atoms with Gasteiger partial charge in [0.05, 0.1) is 89.7 Å². The Hall–Kier alpha value is -10.6. The fraction of sp³-hybridized carbons (Fsp3) is 0.426. The SMILES string of the molecule is CCCCCCCCNC1c2ccccc2N(C)S(=O)(=O)c2cc(C)ccc21.CCCCCCCCNC1c2ccccc2N(C)S(=O)(=O)c2ccccc21.CCCCCNC1c2ccccc2N(C)S(=O)(=O)c2ccccc21.Cc1ccc2c(c1)S(=O)(=O)N(C)c1ccccc1C2NCC1CCOC1.Cc1ccc2c(c1)S(=O)(=O)N(C)c1ccccc1C2NCCC1CCCN1C.O=C=O.O=C=O. The second kappa shape index (κ2) is 51.2. The number of para-hydroxylation sites is 5. The molecule has 7 aliphatic heterocycles. The molecule has 7 heterocycles. The van der Waals surface area contributed by atoms with Crippen molar-refractivity contribution in [2.24, 2.45) is 5.92 Å². The maximum atomic E-state index is 13.3. The first kappa shape index (κ1) is 109. The number of ether oxygens (including phenoxy) is 1. The van der Waals surface area contributed by atoms with E-state index in [0.29, 0.717) is 36.4 Å². The molecule has 7 atom stereocenters. The summed E-state index contributed by atoms with van der Waals surface area (Å²) in [5.74, 6) is 0.466. The zero-order valence-corrected chi connectivity index (χ0v) is 86.4. The molecular weight excluding hydrogens is 1850 g/mol. The van der Waals surface area contributed by atoms with Gasteiger partial charge in [-0.2, -0.15) is 19.2 Å². The molecule has 0 aromatic heterocycles. The van der Waals surface area contributed by atoms with Crippen LogP contribution in [0, 0.1) is 26.7 Å². The molecule has 10 aromatic rings. The average Bonchev–Trinajstić information content (AvgIpc) is 1.63. The molecule has 2 saturated heterocycles. The number of nitrogens with zero attached hydrogens (tertiary/aromatic N) is 6. The fourth-order valence-corrected chi connectivity index (χ4v) is 26.9. The third kappa shape index (κ3) is 26.0. The van der Waals surface area contributed by atoms with Gasteiger partial charge in [0.15, 0.2) is 0 Å². The lowest BCUT2D eigenvalue weighted by atomic mass is 9.95. The van der Waals surface area contributed by atoms with Crippen LogP contribution in [-0.4, -0.2) is 160 Å². The second-order valence-electron chi connectivity index (χ2n) is 36.5. The Kier molecular flexibility index (Phi) is 40.1. The van der Waals surface area contributed by atoms with Crippen molar-refractivity contribution in [3.05, 3.63) is 297 Å². The van der Waals surface area contributed by atoms with Crippen molar-refractivity contribution in [1.82, 2.24) is 31.5 Å². The highest BCUT2D eigenvalue weighted by atomic mass is 32.2. The van der Waals surface area contributed by atoms with Crippen molar-refractivity contribution >= 4 is 90.9 Å². The molecule has 7 aliphatic rings. The summed E-state index contributed by atoms with van der Waals surface area (Å²) in [5, 5.41) is 18.2. The number of sulfonamides is 5. The van der Waals surface area contributed by atoms with Crippen molar-refractivity contribution in [2.45, 2.75) is 224 Å². The van der Waals surface area contributed by atoms with Gasteiger partial charge in [0, 0.05) is 54.4 Å². The minimum absolute atomic E-state index is 0.117. The number of rotatable bonds is 28. The molecule has 139 heavy (non-hydrogen) atoms. The van der Waals surface area contributed by atoms with Gasteiger partial charge in [-0.3, -0.25) is 21.5 Å². The minimum Gasteiger partial charge on any atom is -0.381 e. The Bertz CT molecular complexity index is 6440. The molecule has 31 heteroatoms. The maximum absolute atomic E-state index is 13.3. The molecule has 7 unspecified atom stereocenters. The number of anilines is 5. The highest BCUT2D eigenvalue weighted by molar-refractivity contribution is 7.94. The predicted molar refractivity (Wildman–Crippen MR) is 551 cm³/mol. The van der Waals surface area contributed by atoms with E-state index in [1.54, 1.807) is 77.7 Å². The topological polar surface area (TPSA) is 328 Å². The molecule has 2 fully saturated rings. The Balaban J connectivity index is 0.000000164. The normalized spacial score (nSPS) is 19.7. The molecular formula is C108H139N11O15S5. The number of hydrogen-bond donors (Lipinski definition) is 5. The van der Waals surface area contributed by atoms with Crippen LogP contribution in [0.15, 0.2) is 249 Å². The van der Waals surface area contributed by atoms with Crippen LogP contribution in [0.3, 0.4) is 0 Å². The van der Waals surface area contributed by atoms with E-state index in [-0.39, 0.29) is 42.5 Å². The molecule has 5 N–H and O–H groups in total. The monoisotopic (exact) mass is 1990 g/mol. The lowest BCUT2D eigenvalue weighted by Gasteiger charge is -2.24. The first-order valence-corrected chi connectivity index (χ1v) is 55.8. The van der Waals surface area contributed by atoms with Crippen molar-refractivity contribution in [2.75, 3.05) is 116 Å². The molecule has 746 valence electrons. The minimum atomic E-state index is -3.59. The van der Waals surface area contributed by atoms with E-state index in [2.05, 4.69) is 59.3 Å². The molecule has 10 aromatic carbocycles. The Morgan fingerprint density at radius 1 is 0.309 bits per heavy atom. The lowest BCUT2D eigenvalue weighted by Crippen LogP contribution is -2.31. The summed E-state index contributed by atoms with van der Waals surface area (Å²) in [6.45, 7) is 19.5. The van der Waals surface area contributed by atoms with Crippen LogP contribution in [0.1, 0.15) is 245 Å². The van der Waals surface area contributed by atoms with Gasteiger partial charge in [-0.1, -0.05) is 262 Å². The maximum Gasteiger partial charge on any atom is 0.373 e. The van der Waals surface area contributed by atoms with Gasteiger partial charge in [0.2, 0.25) is 0 Å². The van der Waals surface area contributed by atoms with Crippen LogP contribution in [0.5, 0.6) is 0 Å². The van der Waals surface area contributed by atoms with E-state index < -0.39 is 50.1 Å². The van der Waals surface area contributed by atoms with Gasteiger partial charge in [-0.05, 0) is 244 Å². The number of carbonyl (C=O) groups excluding carboxylic acids is 4. The predicted octanol–water partition coefficient (Wildman–Crippen LogP) is 18.7. The van der Waals surface area contributed by atoms with Crippen LogP contribution in [0.4, 0.5) is 28.4 Å². The van der Waals surface area contributed by atoms with E-state index in [1.807, 2.05) is 203 Å². The summed E-state index contributed by atoms with van der Waals surface area (Å²) in [5.41, 5.74) is 15.7. The number of benzene rings is 10. The third-order valence-corrected chi connectivity index (χ3v) is 36.2. The average molecular weight is 1990 g/mol. The Morgan fingerprint density at radius 2 is 0.568 bits per heavy atom. The third-order valence-electron chi connectivity index (χ3n) is 27.0. The second-order valence-corrected chi connectivity index (χ2v) is 46.1. The van der Waals surface area contributed by atoms with Crippen LogP contribution in [0.2, 0.25) is 0 Å². The van der Waals surface area contributed by atoms with Crippen LogP contribution in [0.25, 0.3) is 0 Å². The number of hydrogen-bond acceptors (Lipinski definition) is 21. The summed E-state index contributed by atoms with van der Waals surface area (Å²) in [7, 11) is -7.47. The summed E-state index contributed by atoms with van der Waals surface area (Å²) in [4.78, 5) is 36.9. The smallest absolute Gasteiger partial charge is 0.373 e. The number of nitrogens with one attached hydrogen (secondary N) is 5. The van der Waals surface area contributed by atoms with Gasteiger partial charge in [-0.25, -0.2) is 42.1 Å².